The molecular weight excluding hydrogens is 309 g/mol. The van der Waals surface area contributed by atoms with Crippen LogP contribution in [0, 0.1) is 0 Å². The maximum Gasteiger partial charge on any atom is 0.151 e. The Bertz CT molecular complexity index is 589. The zero-order valence-corrected chi connectivity index (χ0v) is 12.8. The maximum atomic E-state index is 11.5. The minimum absolute atomic E-state index is 0.00114. The fourth-order valence-electron chi connectivity index (χ4n) is 2.26. The molecule has 0 amide bonds. The van der Waals surface area contributed by atoms with Gasteiger partial charge in [-0.05, 0) is 25.6 Å². The predicted molar refractivity (Wildman–Crippen MR) is 76.7 cm³/mol. The molecule has 1 saturated heterocycles. The SMILES string of the molecule is CN(Cc1cc(Cl)cc(Cl)c1O)C1CCS(=O)(=O)C1. The Hall–Kier alpha value is -0.490. The zero-order valence-electron chi connectivity index (χ0n) is 10.4. The second kappa shape index (κ2) is 5.48. The Morgan fingerprint density at radius 2 is 2.11 bits per heavy atom. The molecule has 0 spiro atoms. The van der Waals surface area contributed by atoms with Crippen LogP contribution in [0.5, 0.6) is 5.75 Å². The van der Waals surface area contributed by atoms with Crippen molar-refractivity contribution in [1.82, 2.24) is 4.90 Å². The monoisotopic (exact) mass is 323 g/mol. The molecule has 0 bridgehead atoms. The van der Waals surface area contributed by atoms with Gasteiger partial charge in [0.05, 0.1) is 16.5 Å². The quantitative estimate of drug-likeness (QED) is 0.927. The Kier molecular flexibility index (Phi) is 4.30. The molecular formula is C12H15Cl2NO3S. The number of rotatable bonds is 3. The van der Waals surface area contributed by atoms with Crippen LogP contribution in [0.3, 0.4) is 0 Å². The third kappa shape index (κ3) is 3.54. The summed E-state index contributed by atoms with van der Waals surface area (Å²) in [6.07, 6.45) is 0.619. The number of phenolic OH excluding ortho intramolecular Hbond substituents is 1. The molecule has 0 radical (unpaired) electrons. The highest BCUT2D eigenvalue weighted by molar-refractivity contribution is 7.91. The Labute approximate surface area is 122 Å². The molecule has 1 aromatic rings. The molecule has 1 fully saturated rings. The first-order chi connectivity index (χ1) is 8.78. The lowest BCUT2D eigenvalue weighted by Crippen LogP contribution is -2.32. The van der Waals surface area contributed by atoms with Gasteiger partial charge in [-0.2, -0.15) is 0 Å². The van der Waals surface area contributed by atoms with Crippen molar-refractivity contribution in [2.45, 2.75) is 19.0 Å². The van der Waals surface area contributed by atoms with Crippen molar-refractivity contribution in [3.05, 3.63) is 27.7 Å². The van der Waals surface area contributed by atoms with Crippen LogP contribution < -0.4 is 0 Å². The topological polar surface area (TPSA) is 57.6 Å². The molecule has 4 nitrogen and oxygen atoms in total. The van der Waals surface area contributed by atoms with Gasteiger partial charge in [0.2, 0.25) is 0 Å². The number of halogens is 2. The van der Waals surface area contributed by atoms with Crippen molar-refractivity contribution in [2.75, 3.05) is 18.6 Å². The van der Waals surface area contributed by atoms with Gasteiger partial charge in [0.25, 0.3) is 0 Å². The van der Waals surface area contributed by atoms with E-state index in [1.807, 2.05) is 11.9 Å². The molecule has 1 aliphatic rings. The summed E-state index contributed by atoms with van der Waals surface area (Å²) in [4.78, 5) is 1.91. The first kappa shape index (κ1) is 14.9. The van der Waals surface area contributed by atoms with Gasteiger partial charge in [-0.25, -0.2) is 8.42 Å². The van der Waals surface area contributed by atoms with Crippen LogP contribution in [0.25, 0.3) is 0 Å². The average molecular weight is 324 g/mol. The lowest BCUT2D eigenvalue weighted by Gasteiger charge is -2.23. The fourth-order valence-corrected chi connectivity index (χ4v) is 4.60. The van der Waals surface area contributed by atoms with E-state index >= 15 is 0 Å². The van der Waals surface area contributed by atoms with Crippen molar-refractivity contribution >= 4 is 33.0 Å². The summed E-state index contributed by atoms with van der Waals surface area (Å²) in [6.45, 7) is 0.409. The Morgan fingerprint density at radius 3 is 2.68 bits per heavy atom. The maximum absolute atomic E-state index is 11.5. The summed E-state index contributed by atoms with van der Waals surface area (Å²) in [6, 6.07) is 3.09. The van der Waals surface area contributed by atoms with Gasteiger partial charge < -0.3 is 5.11 Å². The predicted octanol–water partition coefficient (Wildman–Crippen LogP) is 2.32. The van der Waals surface area contributed by atoms with Crippen LogP contribution in [-0.2, 0) is 16.4 Å². The normalized spacial score (nSPS) is 22.0. The van der Waals surface area contributed by atoms with Crippen molar-refractivity contribution in [3.8, 4) is 5.75 Å². The van der Waals surface area contributed by atoms with Gasteiger partial charge in [0.1, 0.15) is 5.75 Å². The lowest BCUT2D eigenvalue weighted by molar-refractivity contribution is 0.250. The Balaban J connectivity index is 2.14. The van der Waals surface area contributed by atoms with E-state index in [0.717, 1.165) is 0 Å². The van der Waals surface area contributed by atoms with Gasteiger partial charge in [-0.1, -0.05) is 23.2 Å². The zero-order chi connectivity index (χ0) is 14.2. The van der Waals surface area contributed by atoms with Gasteiger partial charge in [-0.15, -0.1) is 0 Å². The minimum atomic E-state index is -2.92. The smallest absolute Gasteiger partial charge is 0.151 e. The molecule has 1 aliphatic heterocycles. The van der Waals surface area contributed by atoms with E-state index in [2.05, 4.69) is 0 Å². The molecule has 0 aromatic heterocycles. The number of nitrogens with zero attached hydrogens (tertiary/aromatic N) is 1. The second-order valence-corrected chi connectivity index (χ2v) is 7.94. The molecule has 1 N–H and O–H groups in total. The van der Waals surface area contributed by atoms with E-state index in [9.17, 15) is 13.5 Å². The van der Waals surface area contributed by atoms with Crippen LogP contribution in [0.2, 0.25) is 10.0 Å². The summed E-state index contributed by atoms with van der Waals surface area (Å²) in [5.41, 5.74) is 0.601. The van der Waals surface area contributed by atoms with Crippen LogP contribution in [0.1, 0.15) is 12.0 Å². The molecule has 7 heteroatoms. The van der Waals surface area contributed by atoms with Crippen molar-refractivity contribution in [1.29, 1.82) is 0 Å². The molecule has 106 valence electrons. The molecule has 1 aromatic carbocycles. The minimum Gasteiger partial charge on any atom is -0.506 e. The largest absolute Gasteiger partial charge is 0.506 e. The molecule has 1 unspecified atom stereocenters. The highest BCUT2D eigenvalue weighted by Gasteiger charge is 2.30. The molecule has 0 saturated carbocycles. The number of phenols is 1. The van der Waals surface area contributed by atoms with E-state index in [4.69, 9.17) is 23.2 Å². The standard InChI is InChI=1S/C12H15Cl2NO3S/c1-15(10-2-3-19(17,18)7-10)6-8-4-9(13)5-11(14)12(8)16/h4-5,10,16H,2-3,6-7H2,1H3. The van der Waals surface area contributed by atoms with Crippen LogP contribution in [-0.4, -0.2) is 43.0 Å². The van der Waals surface area contributed by atoms with Gasteiger partial charge >= 0.3 is 0 Å². The van der Waals surface area contributed by atoms with Crippen LogP contribution in [0.15, 0.2) is 12.1 Å². The second-order valence-electron chi connectivity index (χ2n) is 4.87. The summed E-state index contributed by atoms with van der Waals surface area (Å²) in [5, 5.41) is 10.5. The van der Waals surface area contributed by atoms with Gasteiger partial charge in [0.15, 0.2) is 9.84 Å². The van der Waals surface area contributed by atoms with Crippen molar-refractivity contribution < 1.29 is 13.5 Å². The highest BCUT2D eigenvalue weighted by atomic mass is 35.5. The number of hydrogen-bond donors (Lipinski definition) is 1. The van der Waals surface area contributed by atoms with Crippen LogP contribution in [0.4, 0.5) is 0 Å². The molecule has 1 heterocycles. The van der Waals surface area contributed by atoms with Crippen molar-refractivity contribution in [3.63, 3.8) is 0 Å². The van der Waals surface area contributed by atoms with E-state index in [-0.39, 0.29) is 28.3 Å². The molecule has 2 rings (SSSR count). The lowest BCUT2D eigenvalue weighted by atomic mass is 10.1. The summed E-state index contributed by atoms with van der Waals surface area (Å²) in [5.74, 6) is 0.391. The first-order valence-corrected chi connectivity index (χ1v) is 8.44. The summed E-state index contributed by atoms with van der Waals surface area (Å²) >= 11 is 11.8. The average Bonchev–Trinajstić information content (AvgIpc) is 2.66. The number of benzene rings is 1. The van der Waals surface area contributed by atoms with Crippen molar-refractivity contribution in [2.24, 2.45) is 0 Å². The third-order valence-electron chi connectivity index (χ3n) is 3.36. The highest BCUT2D eigenvalue weighted by Crippen LogP contribution is 2.32. The molecule has 19 heavy (non-hydrogen) atoms. The van der Waals surface area contributed by atoms with E-state index in [1.165, 1.54) is 6.07 Å². The summed E-state index contributed by atoms with van der Waals surface area (Å²) < 4.78 is 22.9. The van der Waals surface area contributed by atoms with E-state index in [0.29, 0.717) is 23.6 Å². The Morgan fingerprint density at radius 1 is 1.42 bits per heavy atom. The fraction of sp³-hybridized carbons (Fsp3) is 0.500. The number of sulfone groups is 1. The van der Waals surface area contributed by atoms with E-state index < -0.39 is 9.84 Å². The van der Waals surface area contributed by atoms with Gasteiger partial charge in [-0.3, -0.25) is 4.90 Å². The first-order valence-electron chi connectivity index (χ1n) is 5.86. The number of hydrogen-bond acceptors (Lipinski definition) is 4. The molecule has 0 aliphatic carbocycles. The van der Waals surface area contributed by atoms with Gasteiger partial charge in [0, 0.05) is 23.2 Å². The van der Waals surface area contributed by atoms with E-state index in [1.54, 1.807) is 6.07 Å². The number of aromatic hydroxyl groups is 1. The molecule has 1 atom stereocenters. The summed E-state index contributed by atoms with van der Waals surface area (Å²) in [7, 11) is -1.08. The van der Waals surface area contributed by atoms with Crippen LogP contribution >= 0.6 is 23.2 Å². The third-order valence-corrected chi connectivity index (χ3v) is 5.62.